The van der Waals surface area contributed by atoms with Crippen molar-refractivity contribution in [2.24, 2.45) is 0 Å². The van der Waals surface area contributed by atoms with E-state index in [1.165, 1.54) is 11.6 Å². The lowest BCUT2D eigenvalue weighted by Gasteiger charge is -2.45. The molecule has 3 saturated heterocycles. The number of carbonyl (C=O) groups excluding carboxylic acids is 1. The van der Waals surface area contributed by atoms with Gasteiger partial charge in [0.05, 0.1) is 22.9 Å². The van der Waals surface area contributed by atoms with Crippen LogP contribution in [0.5, 0.6) is 0 Å². The first kappa shape index (κ1) is 28.1. The summed E-state index contributed by atoms with van der Waals surface area (Å²) in [6, 6.07) is 25.5. The molecule has 3 aromatic carbocycles. The number of benzene rings is 3. The molecule has 0 N–H and O–H groups in total. The molecule has 3 aliphatic heterocycles. The first-order valence-corrected chi connectivity index (χ1v) is 15.5. The van der Waals surface area contributed by atoms with Gasteiger partial charge in [-0.25, -0.2) is 4.98 Å². The Morgan fingerprint density at radius 3 is 2.16 bits per heavy atom. The molecule has 43 heavy (non-hydrogen) atoms. The number of hydrogen-bond acceptors (Lipinski definition) is 3. The van der Waals surface area contributed by atoms with Crippen LogP contribution in [0.15, 0.2) is 85.2 Å². The van der Waals surface area contributed by atoms with E-state index in [9.17, 15) is 18.0 Å². The topological polar surface area (TPSA) is 41.4 Å². The SMILES string of the molecule is O=C(c1ccccc1)N1CCC(CCN2[C@@H]3CC[C@H]2CC(n2cnc4cc(C(F)(F)F)ccc42)C3)(c2ccccc2)CC1. The van der Waals surface area contributed by atoms with Gasteiger partial charge in [-0.1, -0.05) is 48.5 Å². The zero-order valence-electron chi connectivity index (χ0n) is 24.2. The summed E-state index contributed by atoms with van der Waals surface area (Å²) in [7, 11) is 0. The maximum absolute atomic E-state index is 13.2. The first-order valence-electron chi connectivity index (χ1n) is 15.5. The second-order valence-corrected chi connectivity index (χ2v) is 12.7. The van der Waals surface area contributed by atoms with Crippen LogP contribution in [-0.2, 0) is 11.6 Å². The van der Waals surface area contributed by atoms with E-state index in [0.717, 1.165) is 81.7 Å². The van der Waals surface area contributed by atoms with Gasteiger partial charge in [-0.2, -0.15) is 13.2 Å². The molecule has 2 bridgehead atoms. The molecule has 5 nitrogen and oxygen atoms in total. The van der Waals surface area contributed by atoms with Crippen LogP contribution in [0.4, 0.5) is 13.2 Å². The van der Waals surface area contributed by atoms with E-state index >= 15 is 0 Å². The summed E-state index contributed by atoms with van der Waals surface area (Å²) in [4.78, 5) is 22.3. The minimum Gasteiger partial charge on any atom is -0.339 e. The molecule has 8 heteroatoms. The number of carbonyl (C=O) groups is 1. The minimum absolute atomic E-state index is 0.0295. The van der Waals surface area contributed by atoms with Crippen molar-refractivity contribution in [3.63, 3.8) is 0 Å². The molecular weight excluding hydrogens is 549 g/mol. The van der Waals surface area contributed by atoms with E-state index in [4.69, 9.17) is 0 Å². The van der Waals surface area contributed by atoms with E-state index in [-0.39, 0.29) is 17.4 Å². The van der Waals surface area contributed by atoms with Gasteiger partial charge >= 0.3 is 6.18 Å². The zero-order chi connectivity index (χ0) is 29.6. The third-order valence-electron chi connectivity index (χ3n) is 10.4. The van der Waals surface area contributed by atoms with Gasteiger partial charge in [0.15, 0.2) is 0 Å². The summed E-state index contributed by atoms with van der Waals surface area (Å²) in [6.45, 7) is 2.52. The Balaban J connectivity index is 1.05. The molecule has 224 valence electrons. The highest BCUT2D eigenvalue weighted by molar-refractivity contribution is 5.94. The maximum Gasteiger partial charge on any atom is 0.416 e. The molecule has 0 radical (unpaired) electrons. The summed E-state index contributed by atoms with van der Waals surface area (Å²) in [5.74, 6) is 0.115. The number of alkyl halides is 3. The summed E-state index contributed by atoms with van der Waals surface area (Å²) >= 11 is 0. The second-order valence-electron chi connectivity index (χ2n) is 12.7. The van der Waals surface area contributed by atoms with Crippen molar-refractivity contribution in [1.29, 1.82) is 0 Å². The number of hydrogen-bond donors (Lipinski definition) is 0. The van der Waals surface area contributed by atoms with Crippen LogP contribution in [0.25, 0.3) is 11.0 Å². The summed E-state index contributed by atoms with van der Waals surface area (Å²) in [6.07, 6.45) is 4.60. The van der Waals surface area contributed by atoms with Crippen molar-refractivity contribution in [2.45, 2.75) is 74.7 Å². The Morgan fingerprint density at radius 2 is 1.51 bits per heavy atom. The Bertz CT molecular complexity index is 1560. The van der Waals surface area contributed by atoms with Crippen molar-refractivity contribution in [2.75, 3.05) is 19.6 Å². The van der Waals surface area contributed by atoms with Crippen LogP contribution >= 0.6 is 0 Å². The van der Waals surface area contributed by atoms with Crippen molar-refractivity contribution >= 4 is 16.9 Å². The van der Waals surface area contributed by atoms with Crippen molar-refractivity contribution in [3.05, 3.63) is 102 Å². The predicted molar refractivity (Wildman–Crippen MR) is 161 cm³/mol. The molecule has 1 amide bonds. The zero-order valence-corrected chi connectivity index (χ0v) is 24.2. The third-order valence-corrected chi connectivity index (χ3v) is 10.4. The molecule has 4 heterocycles. The Labute approximate surface area is 250 Å². The average Bonchev–Trinajstić information content (AvgIpc) is 3.56. The lowest BCUT2D eigenvalue weighted by molar-refractivity contribution is -0.137. The van der Waals surface area contributed by atoms with Crippen LogP contribution in [-0.4, -0.2) is 57.0 Å². The van der Waals surface area contributed by atoms with Crippen LogP contribution in [0.2, 0.25) is 0 Å². The molecular formula is C35H37F3N4O. The number of halogens is 3. The highest BCUT2D eigenvalue weighted by atomic mass is 19.4. The molecule has 0 spiro atoms. The quantitative estimate of drug-likeness (QED) is 0.235. The minimum atomic E-state index is -4.37. The number of amides is 1. The fourth-order valence-electron chi connectivity index (χ4n) is 8.06. The van der Waals surface area contributed by atoms with Crippen LogP contribution in [0, 0.1) is 0 Å². The normalized spacial score (nSPS) is 24.0. The Morgan fingerprint density at radius 1 is 0.860 bits per heavy atom. The summed E-state index contributed by atoms with van der Waals surface area (Å²) in [5.41, 5.74) is 2.69. The third kappa shape index (κ3) is 5.35. The molecule has 7 rings (SSSR count). The molecule has 0 aliphatic carbocycles. The van der Waals surface area contributed by atoms with Crippen molar-refractivity contribution in [1.82, 2.24) is 19.4 Å². The molecule has 3 fully saturated rings. The highest BCUT2D eigenvalue weighted by Crippen LogP contribution is 2.45. The lowest BCUT2D eigenvalue weighted by Crippen LogP contribution is -2.49. The van der Waals surface area contributed by atoms with Gasteiger partial charge in [-0.15, -0.1) is 0 Å². The maximum atomic E-state index is 13.2. The molecule has 1 aromatic heterocycles. The van der Waals surface area contributed by atoms with Crippen LogP contribution in [0.3, 0.4) is 0 Å². The van der Waals surface area contributed by atoms with Gasteiger partial charge in [-0.3, -0.25) is 9.69 Å². The number of fused-ring (bicyclic) bond motifs is 3. The average molecular weight is 587 g/mol. The first-order chi connectivity index (χ1) is 20.8. The number of aromatic nitrogens is 2. The van der Waals surface area contributed by atoms with Gasteiger partial charge in [0.25, 0.3) is 5.91 Å². The van der Waals surface area contributed by atoms with Gasteiger partial charge in [-0.05, 0) is 92.8 Å². The van der Waals surface area contributed by atoms with E-state index < -0.39 is 11.7 Å². The number of rotatable bonds is 6. The fraction of sp³-hybridized carbons (Fsp3) is 0.429. The standard InChI is InChI=1S/C35H37F3N4O/c36-35(37,38)27-11-14-32-31(21-27)39-24-42(32)30-22-28-12-13-29(23-30)41(28)20-17-34(26-9-5-2-6-10-26)15-18-40(19-16-34)33(43)25-7-3-1-4-8-25/h1-11,14,21,24,28-30H,12-13,15-20,22-23H2/t28-,29+,30?. The lowest BCUT2D eigenvalue weighted by atomic mass is 9.70. The summed E-state index contributed by atoms with van der Waals surface area (Å²) < 4.78 is 41.8. The second kappa shape index (κ2) is 11.1. The number of imidazole rings is 1. The molecule has 0 saturated carbocycles. The van der Waals surface area contributed by atoms with Crippen LogP contribution in [0.1, 0.15) is 72.5 Å². The molecule has 3 atom stereocenters. The largest absolute Gasteiger partial charge is 0.416 e. The Hall–Kier alpha value is -3.65. The van der Waals surface area contributed by atoms with Crippen LogP contribution < -0.4 is 0 Å². The highest BCUT2D eigenvalue weighted by Gasteiger charge is 2.44. The van der Waals surface area contributed by atoms with E-state index in [1.807, 2.05) is 35.2 Å². The van der Waals surface area contributed by atoms with Gasteiger partial charge in [0.2, 0.25) is 0 Å². The smallest absolute Gasteiger partial charge is 0.339 e. The number of likely N-dealkylation sites (tertiary alicyclic amines) is 1. The van der Waals surface area contributed by atoms with Crippen molar-refractivity contribution in [3.8, 4) is 0 Å². The van der Waals surface area contributed by atoms with E-state index in [1.54, 1.807) is 12.4 Å². The van der Waals surface area contributed by atoms with Gasteiger partial charge in [0, 0.05) is 36.8 Å². The van der Waals surface area contributed by atoms with Gasteiger partial charge in [0.1, 0.15) is 0 Å². The van der Waals surface area contributed by atoms with E-state index in [0.29, 0.717) is 17.6 Å². The number of piperidine rings is 2. The molecule has 1 unspecified atom stereocenters. The fourth-order valence-corrected chi connectivity index (χ4v) is 8.06. The Kier molecular flexibility index (Phi) is 7.28. The predicted octanol–water partition coefficient (Wildman–Crippen LogP) is 7.49. The number of nitrogens with zero attached hydrogens (tertiary/aromatic N) is 4. The molecule has 4 aromatic rings. The van der Waals surface area contributed by atoms with E-state index in [2.05, 4.69) is 44.8 Å². The molecule has 3 aliphatic rings. The monoisotopic (exact) mass is 586 g/mol. The van der Waals surface area contributed by atoms with Crippen molar-refractivity contribution < 1.29 is 18.0 Å². The van der Waals surface area contributed by atoms with Gasteiger partial charge < -0.3 is 9.47 Å². The summed E-state index contributed by atoms with van der Waals surface area (Å²) in [5, 5.41) is 0.